The molecular weight excluding hydrogens is 316 g/mol. The molecular formula is C21H32O4. The number of aliphatic hydroxyl groups is 4. The van der Waals surface area contributed by atoms with Crippen molar-refractivity contribution in [3.05, 3.63) is 35.5 Å². The lowest BCUT2D eigenvalue weighted by molar-refractivity contribution is -0.0366. The molecule has 3 aliphatic rings. The van der Waals surface area contributed by atoms with Gasteiger partial charge in [0.15, 0.2) is 0 Å². The number of hydrogen-bond donors (Lipinski definition) is 4. The van der Waals surface area contributed by atoms with Gasteiger partial charge in [0.25, 0.3) is 0 Å². The number of allylic oxidation sites excluding steroid dienone is 3. The number of aliphatic hydroxyl groups excluding tert-OH is 4. The van der Waals surface area contributed by atoms with Crippen LogP contribution in [-0.2, 0) is 0 Å². The van der Waals surface area contributed by atoms with Gasteiger partial charge < -0.3 is 20.4 Å². The maximum absolute atomic E-state index is 10.4. The van der Waals surface area contributed by atoms with Crippen molar-refractivity contribution in [3.8, 4) is 0 Å². The molecule has 3 aliphatic carbocycles. The first-order valence-electron chi connectivity index (χ1n) is 9.58. The molecule has 0 unspecified atom stereocenters. The van der Waals surface area contributed by atoms with Gasteiger partial charge in [0.1, 0.15) is 0 Å². The summed E-state index contributed by atoms with van der Waals surface area (Å²) >= 11 is 0. The molecule has 0 radical (unpaired) electrons. The van der Waals surface area contributed by atoms with E-state index in [1.54, 1.807) is 0 Å². The molecule has 0 aromatic rings. The number of rotatable bonds is 3. The molecule has 3 fully saturated rings. The monoisotopic (exact) mass is 348 g/mol. The minimum atomic E-state index is -0.715. The normalized spacial score (nSPS) is 43.5. The van der Waals surface area contributed by atoms with Crippen LogP contribution < -0.4 is 0 Å². The summed E-state index contributed by atoms with van der Waals surface area (Å²) in [7, 11) is 0. The Kier molecular flexibility index (Phi) is 5.54. The molecule has 3 saturated carbocycles. The van der Waals surface area contributed by atoms with Crippen molar-refractivity contribution in [2.75, 3.05) is 6.61 Å². The maximum atomic E-state index is 10.4. The summed E-state index contributed by atoms with van der Waals surface area (Å²) in [6, 6.07) is 0. The Labute approximate surface area is 150 Å². The highest BCUT2D eigenvalue weighted by atomic mass is 16.3. The van der Waals surface area contributed by atoms with Crippen molar-refractivity contribution < 1.29 is 20.4 Å². The van der Waals surface area contributed by atoms with Crippen molar-refractivity contribution in [2.45, 2.75) is 70.2 Å². The third kappa shape index (κ3) is 3.63. The van der Waals surface area contributed by atoms with Crippen LogP contribution in [0.1, 0.15) is 51.9 Å². The summed E-state index contributed by atoms with van der Waals surface area (Å²) in [5.74, 6) is 0.362. The molecule has 0 spiro atoms. The molecule has 4 N–H and O–H groups in total. The molecule has 6 atom stereocenters. The van der Waals surface area contributed by atoms with Crippen LogP contribution in [0.25, 0.3) is 0 Å². The van der Waals surface area contributed by atoms with Crippen LogP contribution >= 0.6 is 0 Å². The first kappa shape index (κ1) is 18.8. The molecule has 0 aromatic carbocycles. The second-order valence-corrected chi connectivity index (χ2v) is 8.49. The van der Waals surface area contributed by atoms with Gasteiger partial charge in [-0.15, -0.1) is 0 Å². The van der Waals surface area contributed by atoms with E-state index in [-0.39, 0.29) is 24.0 Å². The van der Waals surface area contributed by atoms with Crippen LogP contribution in [0.5, 0.6) is 0 Å². The van der Waals surface area contributed by atoms with Crippen molar-refractivity contribution >= 4 is 0 Å². The topological polar surface area (TPSA) is 80.9 Å². The molecule has 140 valence electrons. The van der Waals surface area contributed by atoms with Crippen LogP contribution in [0.2, 0.25) is 0 Å². The van der Waals surface area contributed by atoms with Gasteiger partial charge in [-0.2, -0.15) is 0 Å². The first-order valence-corrected chi connectivity index (χ1v) is 9.58. The SMILES string of the molecule is C=C1CC[C@H](O)C/C1=C/C=C1\C[C@H](O)C[C@]2(C)[C@@H]([C@H](O)CO)CC[C@@H]12. The average molecular weight is 348 g/mol. The van der Waals surface area contributed by atoms with Gasteiger partial charge in [0, 0.05) is 0 Å². The molecule has 0 saturated heterocycles. The number of fused-ring (bicyclic) bond motifs is 1. The Balaban J connectivity index is 1.85. The van der Waals surface area contributed by atoms with Crippen LogP contribution in [-0.4, -0.2) is 45.3 Å². The molecule has 0 aliphatic heterocycles. The third-order valence-electron chi connectivity index (χ3n) is 6.84. The summed E-state index contributed by atoms with van der Waals surface area (Å²) in [6.07, 6.45) is 8.29. The average Bonchev–Trinajstić information content (AvgIpc) is 2.91. The van der Waals surface area contributed by atoms with Crippen LogP contribution in [0.4, 0.5) is 0 Å². The zero-order valence-corrected chi connectivity index (χ0v) is 15.2. The Morgan fingerprint density at radius 1 is 1.16 bits per heavy atom. The Bertz CT molecular complexity index is 578. The fourth-order valence-corrected chi connectivity index (χ4v) is 5.50. The van der Waals surface area contributed by atoms with E-state index in [0.717, 1.165) is 36.8 Å². The van der Waals surface area contributed by atoms with Gasteiger partial charge in [0.05, 0.1) is 24.9 Å². The smallest absolute Gasteiger partial charge is 0.0804 e. The maximum Gasteiger partial charge on any atom is 0.0804 e. The molecule has 0 heterocycles. The lowest BCUT2D eigenvalue weighted by Crippen LogP contribution is -2.43. The molecule has 4 heteroatoms. The highest BCUT2D eigenvalue weighted by Crippen LogP contribution is 2.58. The molecule has 25 heavy (non-hydrogen) atoms. The van der Waals surface area contributed by atoms with E-state index in [1.165, 1.54) is 5.57 Å². The van der Waals surface area contributed by atoms with Gasteiger partial charge in [0.2, 0.25) is 0 Å². The van der Waals surface area contributed by atoms with E-state index >= 15 is 0 Å². The summed E-state index contributed by atoms with van der Waals surface area (Å²) in [4.78, 5) is 0. The highest BCUT2D eigenvalue weighted by molar-refractivity contribution is 5.36. The van der Waals surface area contributed by atoms with E-state index in [0.29, 0.717) is 25.2 Å². The fraction of sp³-hybridized carbons (Fsp3) is 0.714. The highest BCUT2D eigenvalue weighted by Gasteiger charge is 2.53. The van der Waals surface area contributed by atoms with E-state index in [2.05, 4.69) is 25.7 Å². The number of hydrogen-bond acceptors (Lipinski definition) is 4. The van der Waals surface area contributed by atoms with Crippen molar-refractivity contribution in [1.29, 1.82) is 0 Å². The van der Waals surface area contributed by atoms with Crippen LogP contribution in [0, 0.1) is 17.3 Å². The largest absolute Gasteiger partial charge is 0.394 e. The lowest BCUT2D eigenvalue weighted by atomic mass is 9.61. The first-order chi connectivity index (χ1) is 11.8. The van der Waals surface area contributed by atoms with E-state index in [9.17, 15) is 20.4 Å². The standard InChI is InChI=1S/C21H32O4/c1-13-3-6-16(23)9-14(13)4-5-15-10-17(24)11-21(2)18(15)7-8-19(21)20(25)12-22/h4-5,16-20,22-25H,1,3,6-12H2,2H3/b14-4-,15-5+/t16-,17-,18-,19+,20+,21-/m0/s1. The Hall–Kier alpha value is -0.940. The molecule has 0 amide bonds. The second-order valence-electron chi connectivity index (χ2n) is 8.49. The van der Waals surface area contributed by atoms with Crippen LogP contribution in [0.3, 0.4) is 0 Å². The van der Waals surface area contributed by atoms with Gasteiger partial charge in [-0.25, -0.2) is 0 Å². The molecule has 3 rings (SSSR count). The van der Waals surface area contributed by atoms with Gasteiger partial charge >= 0.3 is 0 Å². The van der Waals surface area contributed by atoms with Gasteiger partial charge in [-0.1, -0.05) is 36.8 Å². The van der Waals surface area contributed by atoms with Crippen molar-refractivity contribution in [1.82, 2.24) is 0 Å². The summed E-state index contributed by atoms with van der Waals surface area (Å²) in [5, 5.41) is 39.9. The van der Waals surface area contributed by atoms with Crippen molar-refractivity contribution in [2.24, 2.45) is 17.3 Å². The Morgan fingerprint density at radius 2 is 1.92 bits per heavy atom. The van der Waals surface area contributed by atoms with Gasteiger partial charge in [-0.05, 0) is 67.8 Å². The zero-order valence-electron chi connectivity index (χ0n) is 15.2. The lowest BCUT2D eigenvalue weighted by Gasteiger charge is -2.45. The van der Waals surface area contributed by atoms with Crippen molar-refractivity contribution in [3.63, 3.8) is 0 Å². The molecule has 4 nitrogen and oxygen atoms in total. The molecule has 0 bridgehead atoms. The summed E-state index contributed by atoms with van der Waals surface area (Å²) < 4.78 is 0. The minimum absolute atomic E-state index is 0.0278. The second kappa shape index (κ2) is 7.36. The third-order valence-corrected chi connectivity index (χ3v) is 6.84. The van der Waals surface area contributed by atoms with Gasteiger partial charge in [-0.3, -0.25) is 0 Å². The van der Waals surface area contributed by atoms with E-state index < -0.39 is 12.2 Å². The van der Waals surface area contributed by atoms with E-state index in [1.807, 2.05) is 0 Å². The molecule has 0 aromatic heterocycles. The van der Waals surface area contributed by atoms with Crippen LogP contribution in [0.15, 0.2) is 35.5 Å². The minimum Gasteiger partial charge on any atom is -0.394 e. The summed E-state index contributed by atoms with van der Waals surface area (Å²) in [6.45, 7) is 6.05. The quantitative estimate of drug-likeness (QED) is 0.632. The Morgan fingerprint density at radius 3 is 2.64 bits per heavy atom. The van der Waals surface area contributed by atoms with E-state index in [4.69, 9.17) is 0 Å². The predicted octanol–water partition coefficient (Wildman–Crippen LogP) is 2.48. The zero-order chi connectivity index (χ0) is 18.2. The predicted molar refractivity (Wildman–Crippen MR) is 97.8 cm³/mol. The summed E-state index contributed by atoms with van der Waals surface area (Å²) in [5.41, 5.74) is 3.27. The fourth-order valence-electron chi connectivity index (χ4n) is 5.50.